The Kier molecular flexibility index (Phi) is 3.23. The van der Waals surface area contributed by atoms with Gasteiger partial charge in [0.05, 0.1) is 12.1 Å². The number of carbonyl (C=O) groups excluding carboxylic acids is 1. The van der Waals surface area contributed by atoms with Gasteiger partial charge in [-0.1, -0.05) is 24.3 Å². The third-order valence-electron chi connectivity index (χ3n) is 5.51. The second-order valence-electron chi connectivity index (χ2n) is 6.72. The predicted molar refractivity (Wildman–Crippen MR) is 79.6 cm³/mol. The van der Waals surface area contributed by atoms with Crippen molar-refractivity contribution in [2.75, 3.05) is 13.1 Å². The number of likely N-dealkylation sites (tertiary alicyclic amines) is 1. The standard InChI is InChI=1S/C17H22N2O2/c20-16-6-5-13-9-19(10-14(13)16)17(21)15-7-11-3-1-2-4-12(11)8-18-15/h1-4,13-16,18,20H,5-10H2/t13?,14?,15-,16?/m1/s1. The molecule has 2 fully saturated rings. The van der Waals surface area contributed by atoms with Crippen molar-refractivity contribution >= 4 is 5.91 Å². The first-order valence-electron chi connectivity index (χ1n) is 7.99. The first-order chi connectivity index (χ1) is 10.2. The number of rotatable bonds is 1. The van der Waals surface area contributed by atoms with Crippen LogP contribution in [0.15, 0.2) is 24.3 Å². The van der Waals surface area contributed by atoms with Crippen LogP contribution >= 0.6 is 0 Å². The van der Waals surface area contributed by atoms with Crippen LogP contribution in [0.3, 0.4) is 0 Å². The summed E-state index contributed by atoms with van der Waals surface area (Å²) in [7, 11) is 0. The summed E-state index contributed by atoms with van der Waals surface area (Å²) in [6, 6.07) is 8.24. The van der Waals surface area contributed by atoms with Crippen molar-refractivity contribution in [2.45, 2.75) is 38.0 Å². The van der Waals surface area contributed by atoms with Gasteiger partial charge in [0.2, 0.25) is 5.91 Å². The summed E-state index contributed by atoms with van der Waals surface area (Å²) in [5.41, 5.74) is 2.59. The number of hydrogen-bond donors (Lipinski definition) is 2. The maximum absolute atomic E-state index is 12.7. The van der Waals surface area contributed by atoms with Crippen LogP contribution < -0.4 is 5.32 Å². The Morgan fingerprint density at radius 1 is 1.19 bits per heavy atom. The molecule has 4 heteroatoms. The average Bonchev–Trinajstić information content (AvgIpc) is 3.08. The van der Waals surface area contributed by atoms with Gasteiger partial charge in [0.15, 0.2) is 0 Å². The molecule has 2 heterocycles. The number of amides is 1. The summed E-state index contributed by atoms with van der Waals surface area (Å²) < 4.78 is 0. The number of aliphatic hydroxyl groups is 1. The highest BCUT2D eigenvalue weighted by Gasteiger charge is 2.44. The van der Waals surface area contributed by atoms with Gasteiger partial charge in [-0.2, -0.15) is 0 Å². The van der Waals surface area contributed by atoms with Crippen molar-refractivity contribution in [2.24, 2.45) is 11.8 Å². The lowest BCUT2D eigenvalue weighted by Crippen LogP contribution is -2.49. The highest BCUT2D eigenvalue weighted by molar-refractivity contribution is 5.83. The molecule has 1 aliphatic carbocycles. The first-order valence-corrected chi connectivity index (χ1v) is 7.99. The highest BCUT2D eigenvalue weighted by Crippen LogP contribution is 2.38. The Balaban J connectivity index is 1.45. The molecule has 3 unspecified atom stereocenters. The number of carbonyl (C=O) groups is 1. The molecule has 0 spiro atoms. The van der Waals surface area contributed by atoms with Crippen LogP contribution in [0.1, 0.15) is 24.0 Å². The van der Waals surface area contributed by atoms with Gasteiger partial charge >= 0.3 is 0 Å². The number of nitrogens with zero attached hydrogens (tertiary/aromatic N) is 1. The molecule has 112 valence electrons. The van der Waals surface area contributed by atoms with Crippen molar-refractivity contribution in [1.82, 2.24) is 10.2 Å². The van der Waals surface area contributed by atoms with Crippen LogP contribution in [-0.4, -0.2) is 41.1 Å². The second-order valence-corrected chi connectivity index (χ2v) is 6.72. The number of hydrogen-bond acceptors (Lipinski definition) is 3. The monoisotopic (exact) mass is 286 g/mol. The molecule has 1 saturated heterocycles. The lowest BCUT2D eigenvalue weighted by Gasteiger charge is -2.29. The Morgan fingerprint density at radius 2 is 2.00 bits per heavy atom. The number of aliphatic hydroxyl groups excluding tert-OH is 1. The van der Waals surface area contributed by atoms with Crippen molar-refractivity contribution in [1.29, 1.82) is 0 Å². The summed E-state index contributed by atoms with van der Waals surface area (Å²) >= 11 is 0. The van der Waals surface area contributed by atoms with E-state index < -0.39 is 0 Å². The van der Waals surface area contributed by atoms with E-state index in [9.17, 15) is 9.90 Å². The fourth-order valence-corrected chi connectivity index (χ4v) is 4.27. The first kappa shape index (κ1) is 13.3. The second kappa shape index (κ2) is 5.11. The minimum atomic E-state index is -0.201. The van der Waals surface area contributed by atoms with Gasteiger partial charge in [0, 0.05) is 25.6 Å². The van der Waals surface area contributed by atoms with E-state index in [0.717, 1.165) is 38.9 Å². The molecule has 1 aromatic carbocycles. The van der Waals surface area contributed by atoms with Crippen molar-refractivity contribution in [3.63, 3.8) is 0 Å². The number of benzene rings is 1. The van der Waals surface area contributed by atoms with Gasteiger partial charge in [-0.15, -0.1) is 0 Å². The molecule has 3 aliphatic rings. The molecular weight excluding hydrogens is 264 g/mol. The molecule has 0 radical (unpaired) electrons. The molecule has 1 aromatic rings. The van der Waals surface area contributed by atoms with Gasteiger partial charge in [-0.05, 0) is 36.3 Å². The van der Waals surface area contributed by atoms with Crippen molar-refractivity contribution in [3.8, 4) is 0 Å². The molecule has 0 bridgehead atoms. The Hall–Kier alpha value is -1.39. The Labute approximate surface area is 125 Å². The summed E-state index contributed by atoms with van der Waals surface area (Å²) in [6.45, 7) is 2.35. The number of nitrogens with one attached hydrogen (secondary N) is 1. The summed E-state index contributed by atoms with van der Waals surface area (Å²) in [5.74, 6) is 1.04. The SMILES string of the molecule is O=C([C@H]1Cc2ccccc2CN1)N1CC2CCC(O)C2C1. The molecular formula is C17H22N2O2. The van der Waals surface area contributed by atoms with E-state index >= 15 is 0 Å². The Bertz CT molecular complexity index is 559. The molecule has 4 rings (SSSR count). The van der Waals surface area contributed by atoms with Crippen LogP contribution in [0.4, 0.5) is 0 Å². The maximum atomic E-state index is 12.7. The zero-order valence-corrected chi connectivity index (χ0v) is 12.2. The smallest absolute Gasteiger partial charge is 0.240 e. The van der Waals surface area contributed by atoms with Crippen LogP contribution in [0.2, 0.25) is 0 Å². The lowest BCUT2D eigenvalue weighted by molar-refractivity contribution is -0.133. The van der Waals surface area contributed by atoms with Crippen molar-refractivity contribution < 1.29 is 9.90 Å². The quantitative estimate of drug-likeness (QED) is 0.807. The molecule has 2 N–H and O–H groups in total. The fraction of sp³-hybridized carbons (Fsp3) is 0.588. The predicted octanol–water partition coefficient (Wildman–Crippen LogP) is 0.930. The molecule has 0 aromatic heterocycles. The zero-order valence-electron chi connectivity index (χ0n) is 12.2. The van der Waals surface area contributed by atoms with Crippen LogP contribution in [0.5, 0.6) is 0 Å². The molecule has 2 aliphatic heterocycles. The van der Waals surface area contributed by atoms with Crippen LogP contribution in [-0.2, 0) is 17.8 Å². The normalized spacial score (nSPS) is 34.6. The van der Waals surface area contributed by atoms with Crippen LogP contribution in [0.25, 0.3) is 0 Å². The minimum absolute atomic E-state index is 0.101. The van der Waals surface area contributed by atoms with E-state index in [1.807, 2.05) is 17.0 Å². The molecule has 4 atom stereocenters. The van der Waals surface area contributed by atoms with Gasteiger partial charge in [-0.3, -0.25) is 4.79 Å². The summed E-state index contributed by atoms with van der Waals surface area (Å²) in [4.78, 5) is 14.7. The third kappa shape index (κ3) is 2.27. The van der Waals surface area contributed by atoms with Crippen molar-refractivity contribution in [3.05, 3.63) is 35.4 Å². The average molecular weight is 286 g/mol. The van der Waals surface area contributed by atoms with Crippen LogP contribution in [0, 0.1) is 11.8 Å². The fourth-order valence-electron chi connectivity index (χ4n) is 4.27. The largest absolute Gasteiger partial charge is 0.393 e. The van der Waals surface area contributed by atoms with E-state index in [0.29, 0.717) is 11.8 Å². The van der Waals surface area contributed by atoms with E-state index in [4.69, 9.17) is 0 Å². The molecule has 1 saturated carbocycles. The highest BCUT2D eigenvalue weighted by atomic mass is 16.3. The molecule has 1 amide bonds. The van der Waals surface area contributed by atoms with Gasteiger partial charge in [0.25, 0.3) is 0 Å². The number of fused-ring (bicyclic) bond motifs is 2. The topological polar surface area (TPSA) is 52.6 Å². The van der Waals surface area contributed by atoms with Gasteiger partial charge in [-0.25, -0.2) is 0 Å². The van der Waals surface area contributed by atoms with Gasteiger partial charge < -0.3 is 15.3 Å². The lowest BCUT2D eigenvalue weighted by atomic mass is 9.95. The third-order valence-corrected chi connectivity index (χ3v) is 5.51. The zero-order chi connectivity index (χ0) is 14.4. The molecule has 21 heavy (non-hydrogen) atoms. The minimum Gasteiger partial charge on any atom is -0.393 e. The molecule has 4 nitrogen and oxygen atoms in total. The van der Waals surface area contributed by atoms with E-state index in [-0.39, 0.29) is 18.1 Å². The van der Waals surface area contributed by atoms with E-state index in [1.165, 1.54) is 11.1 Å². The van der Waals surface area contributed by atoms with E-state index in [1.54, 1.807) is 0 Å². The Morgan fingerprint density at radius 3 is 2.81 bits per heavy atom. The van der Waals surface area contributed by atoms with Gasteiger partial charge in [0.1, 0.15) is 0 Å². The maximum Gasteiger partial charge on any atom is 0.240 e. The van der Waals surface area contributed by atoms with E-state index in [2.05, 4.69) is 17.4 Å². The summed E-state index contributed by atoms with van der Waals surface area (Å²) in [6.07, 6.45) is 2.56. The summed E-state index contributed by atoms with van der Waals surface area (Å²) in [5, 5.41) is 13.4.